The standard InChI is InChI=1S/C27H23BrN2O5/c28-23-10-9-15(25(31)29-13-16-11-21(16)26(32)33)12-24(23)30-27(34)35-14-22-19-7-3-1-5-17(19)18-6-2-4-8-20(18)22/h1-10,12,16,21-22H,11,13-14H2,(H,29,31)(H,30,34)(H,32,33). The van der Waals surface area contributed by atoms with Gasteiger partial charge in [0.05, 0.1) is 11.6 Å². The third-order valence-electron chi connectivity index (χ3n) is 6.57. The second kappa shape index (κ2) is 9.54. The molecule has 1 saturated carbocycles. The van der Waals surface area contributed by atoms with Crippen molar-refractivity contribution in [2.75, 3.05) is 18.5 Å². The Morgan fingerprint density at radius 3 is 2.26 bits per heavy atom. The minimum absolute atomic E-state index is 0.0367. The molecule has 2 amide bonds. The largest absolute Gasteiger partial charge is 0.481 e. The maximum absolute atomic E-state index is 12.6. The number of carboxylic acids is 1. The first-order chi connectivity index (χ1) is 16.9. The molecule has 2 aliphatic rings. The van der Waals surface area contributed by atoms with E-state index >= 15 is 0 Å². The summed E-state index contributed by atoms with van der Waals surface area (Å²) < 4.78 is 6.20. The Balaban J connectivity index is 1.21. The van der Waals surface area contributed by atoms with Gasteiger partial charge in [-0.3, -0.25) is 14.9 Å². The Labute approximate surface area is 210 Å². The van der Waals surface area contributed by atoms with Crippen molar-refractivity contribution < 1.29 is 24.2 Å². The number of hydrogen-bond donors (Lipinski definition) is 3. The number of carbonyl (C=O) groups excluding carboxylic acids is 2. The van der Waals surface area contributed by atoms with Crippen LogP contribution in [-0.4, -0.2) is 36.2 Å². The second-order valence-corrected chi connectivity index (χ2v) is 9.65. The normalized spacial score (nSPS) is 17.7. The van der Waals surface area contributed by atoms with E-state index in [0.29, 0.717) is 28.7 Å². The van der Waals surface area contributed by atoms with Gasteiger partial charge in [-0.25, -0.2) is 4.79 Å². The fourth-order valence-electron chi connectivity index (χ4n) is 4.61. The molecule has 0 aliphatic heterocycles. The quantitative estimate of drug-likeness (QED) is 0.383. The van der Waals surface area contributed by atoms with Crippen LogP contribution in [0.4, 0.5) is 10.5 Å². The van der Waals surface area contributed by atoms with E-state index in [9.17, 15) is 14.4 Å². The minimum Gasteiger partial charge on any atom is -0.481 e. The lowest BCUT2D eigenvalue weighted by Crippen LogP contribution is -2.26. The Kier molecular flexibility index (Phi) is 6.30. The van der Waals surface area contributed by atoms with Crippen LogP contribution in [0.2, 0.25) is 0 Å². The van der Waals surface area contributed by atoms with Gasteiger partial charge in [-0.05, 0) is 68.7 Å². The first kappa shape index (κ1) is 23.1. The van der Waals surface area contributed by atoms with Crippen molar-refractivity contribution >= 4 is 39.6 Å². The first-order valence-electron chi connectivity index (χ1n) is 11.3. The number of rotatable bonds is 7. The van der Waals surface area contributed by atoms with Crippen LogP contribution in [0, 0.1) is 11.8 Å². The summed E-state index contributed by atoms with van der Waals surface area (Å²) in [6.07, 6.45) is -0.0442. The number of fused-ring (bicyclic) bond motifs is 3. The minimum atomic E-state index is -0.831. The lowest BCUT2D eigenvalue weighted by molar-refractivity contribution is -0.138. The molecule has 3 aromatic carbocycles. The van der Waals surface area contributed by atoms with Crippen LogP contribution in [0.3, 0.4) is 0 Å². The molecule has 0 saturated heterocycles. The van der Waals surface area contributed by atoms with Crippen molar-refractivity contribution in [1.82, 2.24) is 5.32 Å². The van der Waals surface area contributed by atoms with E-state index in [-0.39, 0.29) is 30.3 Å². The lowest BCUT2D eigenvalue weighted by Gasteiger charge is -2.15. The van der Waals surface area contributed by atoms with Crippen molar-refractivity contribution in [1.29, 1.82) is 0 Å². The SMILES string of the molecule is O=C(Nc1cc(C(=O)NCC2CC2C(=O)O)ccc1Br)OCC1c2ccccc2-c2ccccc21. The third kappa shape index (κ3) is 4.79. The Morgan fingerprint density at radius 2 is 1.63 bits per heavy atom. The third-order valence-corrected chi connectivity index (χ3v) is 7.27. The molecule has 2 atom stereocenters. The second-order valence-electron chi connectivity index (χ2n) is 8.80. The summed E-state index contributed by atoms with van der Waals surface area (Å²) in [6, 6.07) is 21.1. The van der Waals surface area contributed by atoms with Gasteiger partial charge in [0.2, 0.25) is 0 Å². The monoisotopic (exact) mass is 534 g/mol. The molecule has 1 fully saturated rings. The van der Waals surface area contributed by atoms with Gasteiger partial charge < -0.3 is 15.2 Å². The molecular formula is C27H23BrN2O5. The number of nitrogens with one attached hydrogen (secondary N) is 2. The zero-order chi connectivity index (χ0) is 24.5. The van der Waals surface area contributed by atoms with Crippen molar-refractivity contribution in [2.45, 2.75) is 12.3 Å². The van der Waals surface area contributed by atoms with Crippen molar-refractivity contribution in [3.05, 3.63) is 87.9 Å². The topological polar surface area (TPSA) is 105 Å². The highest BCUT2D eigenvalue weighted by atomic mass is 79.9. The summed E-state index contributed by atoms with van der Waals surface area (Å²) in [5.74, 6) is -1.63. The van der Waals surface area contributed by atoms with Gasteiger partial charge in [0.25, 0.3) is 5.91 Å². The molecule has 2 aliphatic carbocycles. The van der Waals surface area contributed by atoms with Crippen molar-refractivity contribution in [2.24, 2.45) is 11.8 Å². The van der Waals surface area contributed by atoms with Gasteiger partial charge in [0.15, 0.2) is 0 Å². The summed E-state index contributed by atoms with van der Waals surface area (Å²) in [5.41, 5.74) is 5.32. The van der Waals surface area contributed by atoms with Gasteiger partial charge >= 0.3 is 12.1 Å². The maximum Gasteiger partial charge on any atom is 0.411 e. The molecule has 8 heteroatoms. The van der Waals surface area contributed by atoms with Gasteiger partial charge in [0, 0.05) is 22.5 Å². The molecule has 35 heavy (non-hydrogen) atoms. The number of ether oxygens (including phenoxy) is 1. The maximum atomic E-state index is 12.6. The predicted molar refractivity (Wildman–Crippen MR) is 134 cm³/mol. The van der Waals surface area contributed by atoms with E-state index in [1.165, 1.54) is 0 Å². The van der Waals surface area contributed by atoms with Crippen LogP contribution in [0.25, 0.3) is 11.1 Å². The highest BCUT2D eigenvalue weighted by Crippen LogP contribution is 2.44. The smallest absolute Gasteiger partial charge is 0.411 e. The molecule has 0 radical (unpaired) electrons. The summed E-state index contributed by atoms with van der Waals surface area (Å²) >= 11 is 3.40. The average Bonchev–Trinajstić information content (AvgIpc) is 3.58. The summed E-state index contributed by atoms with van der Waals surface area (Å²) in [6.45, 7) is 0.491. The van der Waals surface area contributed by atoms with Crippen LogP contribution < -0.4 is 10.6 Å². The van der Waals surface area contributed by atoms with E-state index in [1.807, 2.05) is 24.3 Å². The van der Waals surface area contributed by atoms with Crippen LogP contribution in [0.1, 0.15) is 33.8 Å². The number of aliphatic carboxylic acids is 1. The molecule has 178 valence electrons. The van der Waals surface area contributed by atoms with Gasteiger partial charge in [-0.15, -0.1) is 0 Å². The van der Waals surface area contributed by atoms with Crippen LogP contribution >= 0.6 is 15.9 Å². The fourth-order valence-corrected chi connectivity index (χ4v) is 4.95. The molecule has 0 bridgehead atoms. The van der Waals surface area contributed by atoms with E-state index in [0.717, 1.165) is 22.3 Å². The molecular weight excluding hydrogens is 512 g/mol. The molecule has 0 heterocycles. The summed E-state index contributed by atoms with van der Waals surface area (Å²) in [4.78, 5) is 36.1. The fraction of sp³-hybridized carbons (Fsp3) is 0.222. The molecule has 7 nitrogen and oxygen atoms in total. The highest BCUT2D eigenvalue weighted by molar-refractivity contribution is 9.10. The van der Waals surface area contributed by atoms with Gasteiger partial charge in [-0.2, -0.15) is 0 Å². The lowest BCUT2D eigenvalue weighted by atomic mass is 9.98. The number of anilines is 1. The zero-order valence-corrected chi connectivity index (χ0v) is 20.2. The summed E-state index contributed by atoms with van der Waals surface area (Å²) in [7, 11) is 0. The van der Waals surface area contributed by atoms with E-state index in [1.54, 1.807) is 18.2 Å². The Bertz CT molecular complexity index is 1280. The van der Waals surface area contributed by atoms with E-state index in [2.05, 4.69) is 50.8 Å². The number of carboxylic acid groups (broad SMARTS) is 1. The number of amides is 2. The van der Waals surface area contributed by atoms with Crippen LogP contribution in [0.15, 0.2) is 71.2 Å². The van der Waals surface area contributed by atoms with Crippen LogP contribution in [-0.2, 0) is 9.53 Å². The van der Waals surface area contributed by atoms with Gasteiger partial charge in [-0.1, -0.05) is 48.5 Å². The molecule has 0 spiro atoms. The molecule has 5 rings (SSSR count). The number of halogens is 1. The van der Waals surface area contributed by atoms with E-state index < -0.39 is 12.1 Å². The highest BCUT2D eigenvalue weighted by Gasteiger charge is 2.43. The number of benzene rings is 3. The van der Waals surface area contributed by atoms with Crippen LogP contribution in [0.5, 0.6) is 0 Å². The number of hydrogen-bond acceptors (Lipinski definition) is 4. The average molecular weight is 535 g/mol. The molecule has 3 aromatic rings. The number of carbonyl (C=O) groups is 3. The first-order valence-corrected chi connectivity index (χ1v) is 12.1. The summed E-state index contributed by atoms with van der Waals surface area (Å²) in [5, 5.41) is 14.5. The zero-order valence-electron chi connectivity index (χ0n) is 18.7. The Morgan fingerprint density at radius 1 is 0.971 bits per heavy atom. The predicted octanol–water partition coefficient (Wildman–Crippen LogP) is 5.26. The van der Waals surface area contributed by atoms with Crippen molar-refractivity contribution in [3.63, 3.8) is 0 Å². The molecule has 2 unspecified atom stereocenters. The van der Waals surface area contributed by atoms with Gasteiger partial charge in [0.1, 0.15) is 6.61 Å². The molecule has 3 N–H and O–H groups in total. The Hall–Kier alpha value is -3.65. The van der Waals surface area contributed by atoms with E-state index in [4.69, 9.17) is 9.84 Å². The molecule has 0 aromatic heterocycles. The van der Waals surface area contributed by atoms with Crippen molar-refractivity contribution in [3.8, 4) is 11.1 Å².